The second kappa shape index (κ2) is 20.7. The fourth-order valence-electron chi connectivity index (χ4n) is 7.69. The average molecular weight is 872 g/mol. The lowest BCUT2D eigenvalue weighted by Gasteiger charge is -2.35. The zero-order valence-electron chi connectivity index (χ0n) is 33.2. The average Bonchev–Trinajstić information content (AvgIpc) is 3.59. The minimum atomic E-state index is -4.25. The van der Waals surface area contributed by atoms with E-state index in [9.17, 15) is 42.0 Å². The summed E-state index contributed by atoms with van der Waals surface area (Å²) in [5.41, 5.74) is 6.33. The van der Waals surface area contributed by atoms with Gasteiger partial charge in [-0.2, -0.15) is 4.72 Å². The van der Waals surface area contributed by atoms with Crippen LogP contribution in [0.1, 0.15) is 83.2 Å². The molecule has 3 aliphatic rings. The van der Waals surface area contributed by atoms with Gasteiger partial charge in [-0.3, -0.25) is 33.6 Å². The summed E-state index contributed by atoms with van der Waals surface area (Å²) in [6.07, 6.45) is 5.47. The van der Waals surface area contributed by atoms with Crippen LogP contribution < -0.4 is 31.7 Å². The predicted octanol–water partition coefficient (Wildman–Crippen LogP) is 2.35. The second-order valence-corrected chi connectivity index (χ2v) is 20.0. The molecule has 0 aromatic heterocycles. The number of sulfonamides is 1. The van der Waals surface area contributed by atoms with Crippen molar-refractivity contribution < 1.29 is 42.0 Å². The Balaban J connectivity index is 1.33. The Bertz CT molecular complexity index is 1970. The molecule has 1 spiro atoms. The number of rotatable bonds is 17. The Kier molecular flexibility index (Phi) is 16.0. The highest BCUT2D eigenvalue weighted by Crippen LogP contribution is 2.50. The van der Waals surface area contributed by atoms with Gasteiger partial charge < -0.3 is 31.9 Å². The number of nitrogens with two attached hydrogens (primary N) is 1. The molecule has 59 heavy (non-hydrogen) atoms. The van der Waals surface area contributed by atoms with Crippen LogP contribution in [0.4, 0.5) is 5.69 Å². The van der Waals surface area contributed by atoms with E-state index in [0.29, 0.717) is 30.5 Å². The number of amides is 6. The van der Waals surface area contributed by atoms with Gasteiger partial charge in [0, 0.05) is 25.6 Å². The van der Waals surface area contributed by atoms with Gasteiger partial charge in [0.2, 0.25) is 45.3 Å². The van der Waals surface area contributed by atoms with Crippen LogP contribution in [-0.2, 0) is 43.6 Å². The first-order chi connectivity index (χ1) is 28.1. The van der Waals surface area contributed by atoms with Crippen molar-refractivity contribution in [1.29, 1.82) is 0 Å². The molecule has 2 aliphatic heterocycles. The molecule has 2 heterocycles. The molecule has 2 aromatic carbocycles. The van der Waals surface area contributed by atoms with E-state index in [1.807, 2.05) is 0 Å². The Morgan fingerprint density at radius 2 is 1.56 bits per heavy atom. The number of nitrogens with one attached hydrogen (secondary N) is 5. The van der Waals surface area contributed by atoms with E-state index in [1.54, 1.807) is 60.8 Å². The highest BCUT2D eigenvalue weighted by Gasteiger charge is 2.52. The Morgan fingerprint density at radius 3 is 2.17 bits per heavy atom. The summed E-state index contributed by atoms with van der Waals surface area (Å²) in [6.45, 7) is 2.64. The smallest absolute Gasteiger partial charge is 0.290 e. The molecule has 7 N–H and O–H groups in total. The van der Waals surface area contributed by atoms with Crippen LogP contribution in [0, 0.1) is 5.92 Å². The molecule has 16 nitrogen and oxygen atoms in total. The molecule has 0 radical (unpaired) electrons. The molecular weight excluding hydrogens is 819 g/mol. The van der Waals surface area contributed by atoms with E-state index in [-0.39, 0.29) is 36.1 Å². The Morgan fingerprint density at radius 1 is 0.898 bits per heavy atom. The molecule has 320 valence electrons. The predicted molar refractivity (Wildman–Crippen MR) is 225 cm³/mol. The summed E-state index contributed by atoms with van der Waals surface area (Å²) in [5, 5.41) is 10.1. The third-order valence-corrected chi connectivity index (χ3v) is 15.4. The second-order valence-electron chi connectivity index (χ2n) is 15.1. The molecule has 2 saturated heterocycles. The molecule has 3 fully saturated rings. The lowest BCUT2D eigenvalue weighted by Crippen LogP contribution is -2.58. The highest BCUT2D eigenvalue weighted by molar-refractivity contribution is 8.18. The summed E-state index contributed by atoms with van der Waals surface area (Å²) in [4.78, 5) is 93.4. The third-order valence-electron chi connectivity index (χ3n) is 10.6. The first-order valence-corrected chi connectivity index (χ1v) is 23.3. The minimum absolute atomic E-state index is 0.0858. The van der Waals surface area contributed by atoms with Crippen LogP contribution in [0.25, 0.3) is 0 Å². The van der Waals surface area contributed by atoms with Crippen molar-refractivity contribution in [2.75, 3.05) is 29.9 Å². The van der Waals surface area contributed by atoms with Crippen molar-refractivity contribution in [2.45, 2.75) is 105 Å². The number of carbonyl (C=O) groups excluding carboxylic acids is 7. The van der Waals surface area contributed by atoms with E-state index in [0.717, 1.165) is 37.2 Å². The highest BCUT2D eigenvalue weighted by atomic mass is 32.2. The van der Waals surface area contributed by atoms with Crippen molar-refractivity contribution in [3.05, 3.63) is 60.2 Å². The largest absolute Gasteiger partial charge is 0.368 e. The summed E-state index contributed by atoms with van der Waals surface area (Å²) in [7, 11) is -4.25. The number of benzene rings is 2. The minimum Gasteiger partial charge on any atom is -0.368 e. The zero-order valence-corrected chi connectivity index (χ0v) is 35.6. The van der Waals surface area contributed by atoms with Gasteiger partial charge in [-0.05, 0) is 72.9 Å². The van der Waals surface area contributed by atoms with Gasteiger partial charge >= 0.3 is 0 Å². The standard InChI is InChI=1S/C40H53N7O9S3/c1-3-11-30(35(50)38(53)42-23-32(49)45-33(36(41)51)26-12-6-4-7-13-26)44-37(52)31-22-40(57-20-10-21-58-40)24-47(31)39(54)34(27-14-8-5-9-15-27)46-59(55,56)29-18-16-28(17-19-29)43-25(2)48/h4,6-7,12-13,16-19,27,30-31,33-34,46H,3,5,8-11,14-15,20-24H2,1-2H3,(H2,41,51)(H,42,53)(H,43,48)(H,44,52)(H,45,49)/t30?,31-,33?,34-/m0/s1. The third kappa shape index (κ3) is 12.1. The maximum absolute atomic E-state index is 14.8. The van der Waals surface area contributed by atoms with Gasteiger partial charge in [0.25, 0.3) is 5.91 Å². The van der Waals surface area contributed by atoms with Gasteiger partial charge in [0.1, 0.15) is 18.1 Å². The summed E-state index contributed by atoms with van der Waals surface area (Å²) in [6, 6.07) is 9.20. The topological polar surface area (TPSA) is 243 Å². The van der Waals surface area contributed by atoms with Crippen molar-refractivity contribution >= 4 is 80.5 Å². The molecule has 19 heteroatoms. The maximum atomic E-state index is 14.8. The van der Waals surface area contributed by atoms with Crippen molar-refractivity contribution in [3.8, 4) is 0 Å². The van der Waals surface area contributed by atoms with Crippen molar-refractivity contribution in [3.63, 3.8) is 0 Å². The van der Waals surface area contributed by atoms with Gasteiger partial charge in [-0.25, -0.2) is 8.42 Å². The Labute approximate surface area is 353 Å². The summed E-state index contributed by atoms with van der Waals surface area (Å²) in [5.74, 6) is -3.92. The number of nitrogens with zero attached hydrogens (tertiary/aromatic N) is 1. The quantitative estimate of drug-likeness (QED) is 0.126. The van der Waals surface area contributed by atoms with Gasteiger partial charge in [-0.1, -0.05) is 62.9 Å². The molecule has 1 saturated carbocycles. The maximum Gasteiger partial charge on any atom is 0.290 e. The van der Waals surface area contributed by atoms with Crippen LogP contribution in [0.2, 0.25) is 0 Å². The van der Waals surface area contributed by atoms with E-state index in [1.165, 1.54) is 36.1 Å². The van der Waals surface area contributed by atoms with E-state index < -0.39 is 80.1 Å². The molecule has 4 atom stereocenters. The van der Waals surface area contributed by atoms with Crippen LogP contribution in [0.3, 0.4) is 0 Å². The fraction of sp³-hybridized carbons (Fsp3) is 0.525. The number of hydrogen-bond donors (Lipinski definition) is 6. The fourth-order valence-corrected chi connectivity index (χ4v) is 12.3. The zero-order chi connectivity index (χ0) is 42.7. The molecular formula is C40H53N7O9S3. The van der Waals surface area contributed by atoms with Crippen molar-refractivity contribution in [1.82, 2.24) is 25.6 Å². The molecule has 2 unspecified atom stereocenters. The van der Waals surface area contributed by atoms with Crippen LogP contribution >= 0.6 is 23.5 Å². The van der Waals surface area contributed by atoms with E-state index >= 15 is 0 Å². The molecule has 0 bridgehead atoms. The van der Waals surface area contributed by atoms with Crippen LogP contribution in [0.5, 0.6) is 0 Å². The number of Topliss-reactive ketones (excluding diaryl/α,β-unsaturated/α-hetero) is 1. The van der Waals surface area contributed by atoms with Gasteiger partial charge in [0.05, 0.1) is 21.6 Å². The Hall–Kier alpha value is -4.46. The normalized spacial score (nSPS) is 19.5. The number of ketones is 1. The van der Waals surface area contributed by atoms with Crippen LogP contribution in [0.15, 0.2) is 59.5 Å². The van der Waals surface area contributed by atoms with Gasteiger partial charge in [0.15, 0.2) is 0 Å². The van der Waals surface area contributed by atoms with Gasteiger partial charge in [-0.15, -0.1) is 23.5 Å². The first-order valence-electron chi connectivity index (χ1n) is 19.9. The number of primary amides is 1. The number of carbonyl (C=O) groups is 7. The summed E-state index contributed by atoms with van der Waals surface area (Å²) < 4.78 is 29.9. The molecule has 5 rings (SSSR count). The first kappa shape index (κ1) is 45.6. The van der Waals surface area contributed by atoms with Crippen LogP contribution in [-0.4, -0.2) is 101 Å². The summed E-state index contributed by atoms with van der Waals surface area (Å²) >= 11 is 3.31. The number of anilines is 1. The lowest BCUT2D eigenvalue weighted by molar-refractivity contribution is -0.143. The number of hydrogen-bond acceptors (Lipinski definition) is 11. The number of thioether (sulfide) groups is 2. The SMILES string of the molecule is CCCC(NC(=O)[C@@H]1CC2(CN1C(=O)[C@@H](NS(=O)(=O)c1ccc(NC(C)=O)cc1)C1CCCCC1)SCCCS2)C(=O)C(=O)NCC(=O)NC(C(N)=O)c1ccccc1. The van der Waals surface area contributed by atoms with E-state index in [4.69, 9.17) is 5.73 Å². The van der Waals surface area contributed by atoms with Crippen molar-refractivity contribution in [2.24, 2.45) is 11.7 Å². The molecule has 1 aliphatic carbocycles. The lowest BCUT2D eigenvalue weighted by atomic mass is 9.83. The molecule has 2 aromatic rings. The molecule has 6 amide bonds. The number of likely N-dealkylation sites (tertiary alicyclic amines) is 1. The van der Waals surface area contributed by atoms with E-state index in [2.05, 4.69) is 26.0 Å². The monoisotopic (exact) mass is 871 g/mol.